The van der Waals surface area contributed by atoms with Crippen molar-refractivity contribution in [2.75, 3.05) is 13.1 Å². The zero-order chi connectivity index (χ0) is 15.6. The van der Waals surface area contributed by atoms with Crippen LogP contribution in [0.4, 0.5) is 4.79 Å². The van der Waals surface area contributed by atoms with Crippen LogP contribution >= 0.6 is 0 Å². The molecule has 0 spiro atoms. The van der Waals surface area contributed by atoms with Crippen molar-refractivity contribution in [1.82, 2.24) is 4.31 Å². The number of rotatable bonds is 0. The maximum absolute atomic E-state index is 12.1. The number of quaternary nitrogens is 1. The van der Waals surface area contributed by atoms with Gasteiger partial charge in [0, 0.05) is 6.42 Å². The largest absolute Gasteiger partial charge is 0.514 e. The van der Waals surface area contributed by atoms with Crippen LogP contribution in [0.25, 0.3) is 0 Å². The SMILES string of the molecule is CC(C)(C)[N+]1(C(=O)O)CCN2[C@@H]3[C@@H](CCC[C@@H]31)OS2(=O)=O. The number of hydrogen-bond acceptors (Lipinski definition) is 4. The summed E-state index contributed by atoms with van der Waals surface area (Å²) in [5.41, 5.74) is -0.489. The summed E-state index contributed by atoms with van der Waals surface area (Å²) in [4.78, 5) is 12.1. The van der Waals surface area contributed by atoms with E-state index in [9.17, 15) is 18.3 Å². The molecule has 1 saturated carbocycles. The predicted molar refractivity (Wildman–Crippen MR) is 74.8 cm³/mol. The highest BCUT2D eigenvalue weighted by Gasteiger charge is 2.66. The van der Waals surface area contributed by atoms with Gasteiger partial charge in [0.2, 0.25) is 0 Å². The van der Waals surface area contributed by atoms with E-state index in [1.807, 2.05) is 20.8 Å². The lowest BCUT2D eigenvalue weighted by molar-refractivity contribution is -0.934. The van der Waals surface area contributed by atoms with Gasteiger partial charge in [0.05, 0.1) is 6.54 Å². The summed E-state index contributed by atoms with van der Waals surface area (Å²) >= 11 is 0. The number of amides is 1. The average molecular weight is 319 g/mol. The van der Waals surface area contributed by atoms with Gasteiger partial charge in [0.1, 0.15) is 30.3 Å². The van der Waals surface area contributed by atoms with Gasteiger partial charge in [0.25, 0.3) is 0 Å². The van der Waals surface area contributed by atoms with Gasteiger partial charge in [-0.15, -0.1) is 0 Å². The molecule has 0 aromatic heterocycles. The molecule has 0 aromatic rings. The molecular weight excluding hydrogens is 296 g/mol. The first-order chi connectivity index (χ1) is 9.61. The Labute approximate surface area is 125 Å². The van der Waals surface area contributed by atoms with E-state index < -0.39 is 28.0 Å². The van der Waals surface area contributed by atoms with E-state index in [-0.39, 0.29) is 29.7 Å². The fraction of sp³-hybridized carbons (Fsp3) is 0.923. The molecule has 120 valence electrons. The number of piperazine rings is 1. The second-order valence-corrected chi connectivity index (χ2v) is 8.75. The number of carboxylic acid groups (broad SMARTS) is 1. The zero-order valence-corrected chi connectivity index (χ0v) is 13.5. The maximum atomic E-state index is 12.1. The highest BCUT2D eigenvalue weighted by atomic mass is 32.2. The van der Waals surface area contributed by atoms with Gasteiger partial charge in [-0.3, -0.25) is 4.18 Å². The van der Waals surface area contributed by atoms with Crippen molar-refractivity contribution in [3.63, 3.8) is 0 Å². The number of nitrogens with zero attached hydrogens (tertiary/aromatic N) is 2. The van der Waals surface area contributed by atoms with Crippen LogP contribution in [0.5, 0.6) is 0 Å². The number of hydrogen-bond donors (Lipinski definition) is 1. The van der Waals surface area contributed by atoms with Crippen LogP contribution in [0.1, 0.15) is 40.0 Å². The van der Waals surface area contributed by atoms with E-state index >= 15 is 0 Å². The molecule has 1 unspecified atom stereocenters. The molecule has 3 aliphatic rings. The molecule has 7 nitrogen and oxygen atoms in total. The molecule has 4 atom stereocenters. The van der Waals surface area contributed by atoms with Gasteiger partial charge < -0.3 is 5.11 Å². The molecule has 8 heteroatoms. The Morgan fingerprint density at radius 2 is 2.00 bits per heavy atom. The molecule has 0 bridgehead atoms. The molecule has 2 heterocycles. The third-order valence-electron chi connectivity index (χ3n) is 5.41. The van der Waals surface area contributed by atoms with Gasteiger partial charge in [-0.05, 0) is 33.6 Å². The van der Waals surface area contributed by atoms with Gasteiger partial charge >= 0.3 is 16.4 Å². The Bertz CT molecular complexity index is 570. The summed E-state index contributed by atoms with van der Waals surface area (Å²) in [5.74, 6) is 0. The summed E-state index contributed by atoms with van der Waals surface area (Å²) < 4.78 is 30.8. The Kier molecular flexibility index (Phi) is 3.19. The van der Waals surface area contributed by atoms with Crippen LogP contribution in [-0.4, -0.2) is 65.2 Å². The van der Waals surface area contributed by atoms with Gasteiger partial charge in [0.15, 0.2) is 0 Å². The fourth-order valence-corrected chi connectivity index (χ4v) is 5.99. The molecule has 21 heavy (non-hydrogen) atoms. The Morgan fingerprint density at radius 1 is 1.33 bits per heavy atom. The quantitative estimate of drug-likeness (QED) is 0.677. The number of carbonyl (C=O) groups is 1. The summed E-state index contributed by atoms with van der Waals surface area (Å²) in [5, 5.41) is 9.95. The normalized spacial score (nSPS) is 42.5. The van der Waals surface area contributed by atoms with Crippen LogP contribution in [-0.2, 0) is 14.5 Å². The maximum Gasteiger partial charge on any atom is 0.514 e. The highest BCUT2D eigenvalue weighted by Crippen LogP contribution is 2.46. The minimum Gasteiger partial charge on any atom is -0.435 e. The van der Waals surface area contributed by atoms with Gasteiger partial charge in [-0.25, -0.2) is 4.48 Å². The molecule has 1 aliphatic carbocycles. The first-order valence-corrected chi connectivity index (χ1v) is 8.79. The van der Waals surface area contributed by atoms with Gasteiger partial charge in [-0.2, -0.15) is 17.5 Å². The first-order valence-electron chi connectivity index (χ1n) is 7.43. The van der Waals surface area contributed by atoms with E-state index in [1.54, 1.807) is 0 Å². The lowest BCUT2D eigenvalue weighted by Gasteiger charge is -2.55. The van der Waals surface area contributed by atoms with E-state index in [0.717, 1.165) is 12.8 Å². The molecule has 2 saturated heterocycles. The van der Waals surface area contributed by atoms with Crippen LogP contribution < -0.4 is 0 Å². The van der Waals surface area contributed by atoms with Crippen molar-refractivity contribution < 1.29 is 27.0 Å². The van der Waals surface area contributed by atoms with E-state index in [2.05, 4.69) is 0 Å². The van der Waals surface area contributed by atoms with Crippen LogP contribution in [0.2, 0.25) is 0 Å². The fourth-order valence-electron chi connectivity index (χ4n) is 4.48. The lowest BCUT2D eigenvalue weighted by atomic mass is 9.80. The first kappa shape index (κ1) is 15.2. The minimum atomic E-state index is -3.69. The van der Waals surface area contributed by atoms with E-state index in [4.69, 9.17) is 4.18 Å². The third-order valence-corrected chi connectivity index (χ3v) is 6.90. The topological polar surface area (TPSA) is 83.9 Å². The monoisotopic (exact) mass is 319 g/mol. The molecule has 1 N–H and O–H groups in total. The standard InChI is InChI=1S/C13H22N2O5S/c1-13(2,3)15(12(16)17)8-7-14-11-9(15)5-4-6-10(11)20-21(14,18)19/h9-11H,4-8H2,1-3H3/p+1/t9-,10+,11-,15?/m0/s1. The van der Waals surface area contributed by atoms with Crippen LogP contribution in [0, 0.1) is 0 Å². The Balaban J connectivity index is 2.11. The molecule has 0 radical (unpaired) electrons. The van der Waals surface area contributed by atoms with Gasteiger partial charge in [-0.1, -0.05) is 0 Å². The Hall–Kier alpha value is -0.700. The summed E-state index contributed by atoms with van der Waals surface area (Å²) in [6.07, 6.45) is 0.949. The van der Waals surface area contributed by atoms with Crippen molar-refractivity contribution >= 4 is 16.4 Å². The van der Waals surface area contributed by atoms with E-state index in [1.165, 1.54) is 4.31 Å². The zero-order valence-electron chi connectivity index (χ0n) is 12.7. The van der Waals surface area contributed by atoms with Crippen molar-refractivity contribution in [2.45, 2.75) is 63.8 Å². The third kappa shape index (κ3) is 1.89. The molecule has 1 amide bonds. The summed E-state index contributed by atoms with van der Waals surface area (Å²) in [6, 6.07) is -0.583. The van der Waals surface area contributed by atoms with E-state index in [0.29, 0.717) is 6.42 Å². The van der Waals surface area contributed by atoms with Crippen molar-refractivity contribution in [2.24, 2.45) is 0 Å². The second-order valence-electron chi connectivity index (χ2n) is 7.24. The smallest absolute Gasteiger partial charge is 0.435 e. The molecule has 0 aromatic carbocycles. The highest BCUT2D eigenvalue weighted by molar-refractivity contribution is 7.84. The predicted octanol–water partition coefficient (Wildman–Crippen LogP) is 1.16. The van der Waals surface area contributed by atoms with Crippen molar-refractivity contribution in [1.29, 1.82) is 0 Å². The molecule has 3 rings (SSSR count). The van der Waals surface area contributed by atoms with Crippen LogP contribution in [0.3, 0.4) is 0 Å². The second kappa shape index (κ2) is 4.41. The molecular formula is C13H23N2O5S+. The Morgan fingerprint density at radius 3 is 2.57 bits per heavy atom. The molecule has 2 aliphatic heterocycles. The molecule has 3 fully saturated rings. The average Bonchev–Trinajstić information content (AvgIpc) is 2.61. The lowest BCUT2D eigenvalue weighted by Crippen LogP contribution is -2.78. The summed E-state index contributed by atoms with van der Waals surface area (Å²) in [7, 11) is -3.69. The van der Waals surface area contributed by atoms with Crippen molar-refractivity contribution in [3.05, 3.63) is 0 Å². The minimum absolute atomic E-state index is 0.0798. The van der Waals surface area contributed by atoms with Crippen LogP contribution in [0.15, 0.2) is 0 Å². The van der Waals surface area contributed by atoms with Crippen molar-refractivity contribution in [3.8, 4) is 0 Å². The summed E-state index contributed by atoms with van der Waals surface area (Å²) in [6.45, 7) is 6.26.